The largest absolute Gasteiger partial charge is 0.427 e. The molecular weight excluding hydrogens is 152 g/mol. The van der Waals surface area contributed by atoms with Crippen molar-refractivity contribution in [3.63, 3.8) is 0 Å². The maximum atomic E-state index is 10.9. The second-order valence-corrected chi connectivity index (χ2v) is 3.17. The molecule has 1 heterocycles. The van der Waals surface area contributed by atoms with Gasteiger partial charge in [0.05, 0.1) is 0 Å². The second kappa shape index (κ2) is 2.63. The molecule has 1 aliphatic rings. The van der Waals surface area contributed by atoms with E-state index < -0.39 is 0 Å². The highest BCUT2D eigenvalue weighted by Gasteiger charge is 2.11. The molecule has 2 rings (SSSR count). The van der Waals surface area contributed by atoms with Crippen LogP contribution in [0.1, 0.15) is 18.2 Å². The lowest BCUT2D eigenvalue weighted by Crippen LogP contribution is -2.07. The molecule has 0 bridgehead atoms. The van der Waals surface area contributed by atoms with E-state index in [2.05, 4.69) is 13.0 Å². The van der Waals surface area contributed by atoms with Gasteiger partial charge in [-0.1, -0.05) is 19.1 Å². The van der Waals surface area contributed by atoms with Gasteiger partial charge in [0, 0.05) is 18.1 Å². The molecule has 0 N–H and O–H groups in total. The predicted molar refractivity (Wildman–Crippen MR) is 46.9 cm³/mol. The molecule has 2 heteroatoms. The summed E-state index contributed by atoms with van der Waals surface area (Å²) in [5, 5.41) is 0. The molecule has 2 nitrogen and oxygen atoms in total. The Morgan fingerprint density at radius 1 is 1.50 bits per heavy atom. The smallest absolute Gasteiger partial charge is 0.335 e. The Morgan fingerprint density at radius 3 is 3.17 bits per heavy atom. The highest BCUT2D eigenvalue weighted by Crippen LogP contribution is 2.20. The topological polar surface area (TPSA) is 30.2 Å². The minimum Gasteiger partial charge on any atom is -0.427 e. The molecular formula is C10H10O2. The quantitative estimate of drug-likeness (QED) is 0.582. The summed E-state index contributed by atoms with van der Waals surface area (Å²) in [6.07, 6.45) is 4.97. The van der Waals surface area contributed by atoms with Gasteiger partial charge in [-0.2, -0.15) is 0 Å². The Morgan fingerprint density at radius 2 is 2.33 bits per heavy atom. The standard InChI is InChI=1S/C10H10O2/c1-7-2-3-8-4-5-10(11)12-9(8)6-7/h2-5,7H,6H2,1H3/t7-/m1/s1. The maximum absolute atomic E-state index is 10.9. The third kappa shape index (κ3) is 1.20. The molecule has 1 aromatic heterocycles. The zero-order chi connectivity index (χ0) is 8.55. The van der Waals surface area contributed by atoms with Gasteiger partial charge in [-0.05, 0) is 12.0 Å². The molecule has 0 unspecified atom stereocenters. The minimum absolute atomic E-state index is 0.253. The molecule has 1 aliphatic carbocycles. The molecule has 0 amide bonds. The van der Waals surface area contributed by atoms with Crippen molar-refractivity contribution in [1.29, 1.82) is 0 Å². The van der Waals surface area contributed by atoms with Crippen LogP contribution in [-0.4, -0.2) is 0 Å². The van der Waals surface area contributed by atoms with E-state index in [0.717, 1.165) is 17.7 Å². The van der Waals surface area contributed by atoms with Gasteiger partial charge in [-0.3, -0.25) is 0 Å². The molecule has 0 aromatic carbocycles. The normalized spacial score (nSPS) is 20.6. The van der Waals surface area contributed by atoms with E-state index in [9.17, 15) is 4.79 Å². The van der Waals surface area contributed by atoms with Crippen molar-refractivity contribution in [3.05, 3.63) is 40.0 Å². The SMILES string of the molecule is C[C@@H]1C=Cc2ccc(=O)oc2C1. The fourth-order valence-electron chi connectivity index (χ4n) is 1.40. The first-order valence-electron chi connectivity index (χ1n) is 4.07. The minimum atomic E-state index is -0.253. The summed E-state index contributed by atoms with van der Waals surface area (Å²) in [6.45, 7) is 2.10. The Bertz CT molecular complexity index is 374. The summed E-state index contributed by atoms with van der Waals surface area (Å²) < 4.78 is 5.06. The zero-order valence-electron chi connectivity index (χ0n) is 6.91. The van der Waals surface area contributed by atoms with Crippen LogP contribution in [0.15, 0.2) is 27.4 Å². The Hall–Kier alpha value is -1.31. The second-order valence-electron chi connectivity index (χ2n) is 3.17. The van der Waals surface area contributed by atoms with E-state index in [0.29, 0.717) is 5.92 Å². The average Bonchev–Trinajstić information content (AvgIpc) is 2.03. The van der Waals surface area contributed by atoms with Gasteiger partial charge in [-0.25, -0.2) is 4.79 Å². The number of rotatable bonds is 0. The number of hydrogen-bond acceptors (Lipinski definition) is 2. The molecule has 0 saturated heterocycles. The molecule has 0 radical (unpaired) electrons. The van der Waals surface area contributed by atoms with Crippen LogP contribution in [0.25, 0.3) is 6.08 Å². The lowest BCUT2D eigenvalue weighted by Gasteiger charge is -2.12. The molecule has 0 spiro atoms. The van der Waals surface area contributed by atoms with E-state index in [1.807, 2.05) is 12.1 Å². The molecule has 62 valence electrons. The van der Waals surface area contributed by atoms with Crippen molar-refractivity contribution in [1.82, 2.24) is 0 Å². The molecule has 0 fully saturated rings. The Kier molecular flexibility index (Phi) is 1.61. The van der Waals surface area contributed by atoms with Gasteiger partial charge in [0.15, 0.2) is 0 Å². The third-order valence-corrected chi connectivity index (χ3v) is 2.06. The lowest BCUT2D eigenvalue weighted by atomic mass is 9.96. The first-order valence-corrected chi connectivity index (χ1v) is 4.07. The fraction of sp³-hybridized carbons (Fsp3) is 0.300. The van der Waals surface area contributed by atoms with E-state index in [-0.39, 0.29) is 5.63 Å². The first kappa shape index (κ1) is 7.35. The summed E-state index contributed by atoms with van der Waals surface area (Å²) in [6, 6.07) is 3.27. The van der Waals surface area contributed by atoms with E-state index in [4.69, 9.17) is 4.42 Å². The molecule has 1 atom stereocenters. The number of fused-ring (bicyclic) bond motifs is 1. The zero-order valence-corrected chi connectivity index (χ0v) is 6.91. The van der Waals surface area contributed by atoms with Crippen molar-refractivity contribution in [2.45, 2.75) is 13.3 Å². The summed E-state index contributed by atoms with van der Waals surface area (Å²) in [4.78, 5) is 10.9. The van der Waals surface area contributed by atoms with Crippen molar-refractivity contribution < 1.29 is 4.42 Å². The monoisotopic (exact) mass is 162 g/mol. The van der Waals surface area contributed by atoms with Crippen LogP contribution in [0.3, 0.4) is 0 Å². The summed E-state index contributed by atoms with van der Waals surface area (Å²) >= 11 is 0. The molecule has 0 aliphatic heterocycles. The third-order valence-electron chi connectivity index (χ3n) is 2.06. The summed E-state index contributed by atoms with van der Waals surface area (Å²) in [7, 11) is 0. The van der Waals surface area contributed by atoms with Crippen molar-refractivity contribution in [3.8, 4) is 0 Å². The molecule has 0 saturated carbocycles. The summed E-state index contributed by atoms with van der Waals surface area (Å²) in [5.74, 6) is 1.29. The van der Waals surface area contributed by atoms with Crippen molar-refractivity contribution >= 4 is 6.08 Å². The van der Waals surface area contributed by atoms with Gasteiger partial charge in [0.2, 0.25) is 0 Å². The highest BCUT2D eigenvalue weighted by atomic mass is 16.4. The van der Waals surface area contributed by atoms with Crippen LogP contribution in [0.4, 0.5) is 0 Å². The highest BCUT2D eigenvalue weighted by molar-refractivity contribution is 5.53. The van der Waals surface area contributed by atoms with E-state index in [1.54, 1.807) is 0 Å². The van der Waals surface area contributed by atoms with E-state index >= 15 is 0 Å². The van der Waals surface area contributed by atoms with Gasteiger partial charge < -0.3 is 4.42 Å². The Labute approximate surface area is 70.5 Å². The van der Waals surface area contributed by atoms with Crippen LogP contribution in [0.2, 0.25) is 0 Å². The van der Waals surface area contributed by atoms with Gasteiger partial charge in [0.25, 0.3) is 0 Å². The van der Waals surface area contributed by atoms with Crippen molar-refractivity contribution in [2.24, 2.45) is 5.92 Å². The molecule has 1 aromatic rings. The molecule has 12 heavy (non-hydrogen) atoms. The lowest BCUT2D eigenvalue weighted by molar-refractivity contribution is 0.437. The fourth-order valence-corrected chi connectivity index (χ4v) is 1.40. The number of hydrogen-bond donors (Lipinski definition) is 0. The van der Waals surface area contributed by atoms with E-state index in [1.165, 1.54) is 6.07 Å². The first-order chi connectivity index (χ1) is 5.75. The summed E-state index contributed by atoms with van der Waals surface area (Å²) in [5.41, 5.74) is 0.781. The Balaban J connectivity index is 2.54. The maximum Gasteiger partial charge on any atom is 0.335 e. The van der Waals surface area contributed by atoms with Crippen LogP contribution in [0.5, 0.6) is 0 Å². The van der Waals surface area contributed by atoms with Crippen LogP contribution < -0.4 is 5.63 Å². The average molecular weight is 162 g/mol. The number of allylic oxidation sites excluding steroid dienone is 1. The van der Waals surface area contributed by atoms with Gasteiger partial charge >= 0.3 is 5.63 Å². The van der Waals surface area contributed by atoms with Gasteiger partial charge in [0.1, 0.15) is 5.76 Å². The predicted octanol–water partition coefficient (Wildman–Crippen LogP) is 1.85. The van der Waals surface area contributed by atoms with Crippen LogP contribution in [0, 0.1) is 5.92 Å². The van der Waals surface area contributed by atoms with Crippen LogP contribution in [-0.2, 0) is 6.42 Å². The van der Waals surface area contributed by atoms with Crippen molar-refractivity contribution in [2.75, 3.05) is 0 Å². The van der Waals surface area contributed by atoms with Crippen LogP contribution >= 0.6 is 0 Å². The van der Waals surface area contributed by atoms with Gasteiger partial charge in [-0.15, -0.1) is 0 Å².